The van der Waals surface area contributed by atoms with Crippen molar-refractivity contribution in [3.63, 3.8) is 0 Å². The summed E-state index contributed by atoms with van der Waals surface area (Å²) in [6, 6.07) is 26.0. The largest absolute Gasteiger partial charge is 0.363 e. The van der Waals surface area contributed by atoms with Crippen molar-refractivity contribution in [2.75, 3.05) is 17.3 Å². The highest BCUT2D eigenvalue weighted by Crippen LogP contribution is 2.44. The van der Waals surface area contributed by atoms with E-state index in [0.717, 1.165) is 6.42 Å². The van der Waals surface area contributed by atoms with Crippen LogP contribution < -0.4 is 10.2 Å². The second-order valence-corrected chi connectivity index (χ2v) is 7.56. The minimum absolute atomic E-state index is 0.283. The summed E-state index contributed by atoms with van der Waals surface area (Å²) in [5.41, 5.74) is 7.53. The van der Waals surface area contributed by atoms with Crippen LogP contribution in [0.15, 0.2) is 97.1 Å². The van der Waals surface area contributed by atoms with E-state index >= 15 is 0 Å². The standard InChI is InChI=1S/C26H24N2/c1-28-25-18-23(20-13-7-3-8-14-20)22(19-11-5-2-6-12-19)17-24(25)27-26(28)21-15-9-4-10-16-21/h2-15,17-18,21,26-27H,16H2,1H3. The maximum atomic E-state index is 3.78. The molecular formula is C26H24N2. The fourth-order valence-corrected chi connectivity index (χ4v) is 4.34. The van der Waals surface area contributed by atoms with E-state index in [2.05, 4.69) is 114 Å². The van der Waals surface area contributed by atoms with Gasteiger partial charge in [-0.3, -0.25) is 0 Å². The Labute approximate surface area is 166 Å². The average Bonchev–Trinajstić information content (AvgIpc) is 3.10. The quantitative estimate of drug-likeness (QED) is 0.583. The lowest BCUT2D eigenvalue weighted by Crippen LogP contribution is -2.38. The third-order valence-electron chi connectivity index (χ3n) is 5.83. The van der Waals surface area contributed by atoms with E-state index in [1.807, 2.05) is 0 Å². The topological polar surface area (TPSA) is 15.3 Å². The summed E-state index contributed by atoms with van der Waals surface area (Å²) in [4.78, 5) is 2.39. The molecule has 0 fully saturated rings. The van der Waals surface area contributed by atoms with Gasteiger partial charge in [-0.25, -0.2) is 0 Å². The third-order valence-corrected chi connectivity index (χ3v) is 5.83. The van der Waals surface area contributed by atoms with Gasteiger partial charge in [0.25, 0.3) is 0 Å². The van der Waals surface area contributed by atoms with Crippen LogP contribution in [0.5, 0.6) is 0 Å². The number of fused-ring (bicyclic) bond motifs is 1. The van der Waals surface area contributed by atoms with Gasteiger partial charge in [-0.2, -0.15) is 0 Å². The molecule has 138 valence electrons. The number of nitrogens with zero attached hydrogens (tertiary/aromatic N) is 1. The van der Waals surface area contributed by atoms with Crippen LogP contribution in [-0.4, -0.2) is 13.2 Å². The van der Waals surface area contributed by atoms with Crippen molar-refractivity contribution in [3.8, 4) is 22.3 Å². The molecule has 0 saturated heterocycles. The molecule has 2 heteroatoms. The first-order chi connectivity index (χ1) is 13.8. The van der Waals surface area contributed by atoms with E-state index in [9.17, 15) is 0 Å². The molecule has 3 aromatic carbocycles. The lowest BCUT2D eigenvalue weighted by atomic mass is 9.93. The van der Waals surface area contributed by atoms with Crippen LogP contribution in [0.3, 0.4) is 0 Å². The molecule has 0 radical (unpaired) electrons. The molecule has 2 atom stereocenters. The van der Waals surface area contributed by atoms with Gasteiger partial charge in [0.2, 0.25) is 0 Å². The Morgan fingerprint density at radius 2 is 1.46 bits per heavy atom. The lowest BCUT2D eigenvalue weighted by molar-refractivity contribution is 0.539. The second kappa shape index (κ2) is 7.05. The van der Waals surface area contributed by atoms with Crippen molar-refractivity contribution in [3.05, 3.63) is 97.1 Å². The Hall–Kier alpha value is -3.26. The Balaban J connectivity index is 1.62. The molecule has 2 nitrogen and oxygen atoms in total. The number of nitrogens with one attached hydrogen (secondary N) is 1. The van der Waals surface area contributed by atoms with Crippen LogP contribution in [0.1, 0.15) is 6.42 Å². The summed E-state index contributed by atoms with van der Waals surface area (Å²) in [7, 11) is 2.20. The highest BCUT2D eigenvalue weighted by molar-refractivity contribution is 5.92. The SMILES string of the molecule is CN1c2cc(-c3ccccc3)c(-c3ccccc3)cc2NC1C1C=CC=CC1. The number of allylic oxidation sites excluding steroid dienone is 3. The minimum Gasteiger partial charge on any atom is -0.363 e. The van der Waals surface area contributed by atoms with E-state index < -0.39 is 0 Å². The Morgan fingerprint density at radius 3 is 2.07 bits per heavy atom. The predicted octanol–water partition coefficient (Wildman–Crippen LogP) is 6.34. The fourth-order valence-electron chi connectivity index (χ4n) is 4.34. The zero-order valence-electron chi connectivity index (χ0n) is 16.0. The van der Waals surface area contributed by atoms with Gasteiger partial charge in [0.05, 0.1) is 11.4 Å². The Kier molecular flexibility index (Phi) is 4.25. The molecule has 0 spiro atoms. The van der Waals surface area contributed by atoms with Crippen molar-refractivity contribution in [2.45, 2.75) is 12.6 Å². The van der Waals surface area contributed by atoms with Crippen LogP contribution in [0, 0.1) is 5.92 Å². The summed E-state index contributed by atoms with van der Waals surface area (Å²) in [5, 5.41) is 3.78. The Morgan fingerprint density at radius 1 is 0.821 bits per heavy atom. The van der Waals surface area contributed by atoms with Crippen LogP contribution in [-0.2, 0) is 0 Å². The normalized spacial score (nSPS) is 20.1. The zero-order valence-corrected chi connectivity index (χ0v) is 16.0. The van der Waals surface area contributed by atoms with Crippen LogP contribution in [0.4, 0.5) is 11.4 Å². The number of rotatable bonds is 3. The molecule has 28 heavy (non-hydrogen) atoms. The summed E-state index contributed by atoms with van der Waals surface area (Å²) in [5.74, 6) is 0.475. The lowest BCUT2D eigenvalue weighted by Gasteiger charge is -2.29. The van der Waals surface area contributed by atoms with Crippen molar-refractivity contribution in [1.29, 1.82) is 0 Å². The van der Waals surface area contributed by atoms with Gasteiger partial charge < -0.3 is 10.2 Å². The number of anilines is 2. The van der Waals surface area contributed by atoms with Gasteiger partial charge in [0.15, 0.2) is 0 Å². The summed E-state index contributed by atoms with van der Waals surface area (Å²) < 4.78 is 0. The van der Waals surface area contributed by atoms with Gasteiger partial charge in [0, 0.05) is 13.0 Å². The van der Waals surface area contributed by atoms with Crippen molar-refractivity contribution < 1.29 is 0 Å². The van der Waals surface area contributed by atoms with Gasteiger partial charge in [-0.15, -0.1) is 0 Å². The van der Waals surface area contributed by atoms with Crippen molar-refractivity contribution in [1.82, 2.24) is 0 Å². The van der Waals surface area contributed by atoms with E-state index in [0.29, 0.717) is 5.92 Å². The molecule has 0 aromatic heterocycles. The highest BCUT2D eigenvalue weighted by atomic mass is 15.3. The fraction of sp³-hybridized carbons (Fsp3) is 0.154. The smallest absolute Gasteiger partial charge is 0.105 e. The summed E-state index contributed by atoms with van der Waals surface area (Å²) in [6.07, 6.45) is 10.2. The van der Waals surface area contributed by atoms with Gasteiger partial charge in [-0.05, 0) is 40.8 Å². The summed E-state index contributed by atoms with van der Waals surface area (Å²) >= 11 is 0. The van der Waals surface area contributed by atoms with E-state index in [4.69, 9.17) is 0 Å². The van der Waals surface area contributed by atoms with Crippen LogP contribution in [0.25, 0.3) is 22.3 Å². The van der Waals surface area contributed by atoms with Crippen LogP contribution in [0.2, 0.25) is 0 Å². The molecule has 1 aliphatic carbocycles. The first-order valence-corrected chi connectivity index (χ1v) is 9.93. The number of hydrogen-bond donors (Lipinski definition) is 1. The average molecular weight is 364 g/mol. The Bertz CT molecular complexity index is 1030. The molecule has 1 N–H and O–H groups in total. The molecule has 0 bridgehead atoms. The molecule has 2 aliphatic rings. The molecule has 0 amide bonds. The minimum atomic E-state index is 0.283. The first kappa shape index (κ1) is 16.9. The number of hydrogen-bond acceptors (Lipinski definition) is 2. The summed E-state index contributed by atoms with van der Waals surface area (Å²) in [6.45, 7) is 0. The zero-order chi connectivity index (χ0) is 18.9. The molecule has 1 aliphatic heterocycles. The second-order valence-electron chi connectivity index (χ2n) is 7.56. The molecule has 5 rings (SSSR count). The van der Waals surface area contributed by atoms with Gasteiger partial charge >= 0.3 is 0 Å². The molecule has 2 unspecified atom stereocenters. The molecule has 0 saturated carbocycles. The highest BCUT2D eigenvalue weighted by Gasteiger charge is 2.32. The first-order valence-electron chi connectivity index (χ1n) is 9.93. The van der Waals surface area contributed by atoms with E-state index in [1.165, 1.54) is 33.6 Å². The molecule has 1 heterocycles. The maximum absolute atomic E-state index is 3.78. The molecule has 3 aromatic rings. The third kappa shape index (κ3) is 2.91. The maximum Gasteiger partial charge on any atom is 0.105 e. The monoisotopic (exact) mass is 364 g/mol. The van der Waals surface area contributed by atoms with Crippen molar-refractivity contribution in [2.24, 2.45) is 5.92 Å². The van der Waals surface area contributed by atoms with Gasteiger partial charge in [-0.1, -0.05) is 85.0 Å². The van der Waals surface area contributed by atoms with Gasteiger partial charge in [0.1, 0.15) is 6.17 Å². The van der Waals surface area contributed by atoms with E-state index in [1.54, 1.807) is 0 Å². The number of benzene rings is 3. The van der Waals surface area contributed by atoms with Crippen LogP contribution >= 0.6 is 0 Å². The van der Waals surface area contributed by atoms with E-state index in [-0.39, 0.29) is 6.17 Å². The predicted molar refractivity (Wildman–Crippen MR) is 120 cm³/mol. The van der Waals surface area contributed by atoms with Crippen molar-refractivity contribution >= 4 is 11.4 Å². The molecular weight excluding hydrogens is 340 g/mol.